The van der Waals surface area contributed by atoms with Crippen LogP contribution in [0.4, 0.5) is 14.5 Å². The second kappa shape index (κ2) is 7.64. The van der Waals surface area contributed by atoms with Gasteiger partial charge < -0.3 is 15.4 Å². The molecule has 0 aliphatic rings. The molecule has 0 saturated heterocycles. The van der Waals surface area contributed by atoms with Crippen molar-refractivity contribution in [2.24, 2.45) is 0 Å². The minimum absolute atomic E-state index is 0.0540. The predicted molar refractivity (Wildman–Crippen MR) is 75.3 cm³/mol. The average Bonchev–Trinajstić information content (AvgIpc) is 2.40. The molecule has 1 aromatic rings. The molecule has 0 bridgehead atoms. The first kappa shape index (κ1) is 17.8. The van der Waals surface area contributed by atoms with E-state index >= 15 is 0 Å². The Morgan fingerprint density at radius 2 is 2.00 bits per heavy atom. The van der Waals surface area contributed by atoms with Crippen molar-refractivity contribution in [2.45, 2.75) is 4.90 Å². The summed E-state index contributed by atoms with van der Waals surface area (Å²) in [6, 6.07) is 1.61. The maximum Gasteiger partial charge on any atom is 0.243 e. The zero-order valence-corrected chi connectivity index (χ0v) is 12.7. The first-order chi connectivity index (χ1) is 9.77. The van der Waals surface area contributed by atoms with Gasteiger partial charge in [0.1, 0.15) is 4.90 Å². The molecule has 0 heterocycles. The molecular formula is C12H19F2N3O3S. The van der Waals surface area contributed by atoms with Crippen molar-refractivity contribution in [3.8, 4) is 0 Å². The summed E-state index contributed by atoms with van der Waals surface area (Å²) in [6.45, 7) is 1.59. The van der Waals surface area contributed by atoms with E-state index in [1.165, 1.54) is 0 Å². The van der Waals surface area contributed by atoms with Crippen LogP contribution in [-0.4, -0.2) is 53.7 Å². The molecule has 0 aliphatic carbocycles. The summed E-state index contributed by atoms with van der Waals surface area (Å²) in [5.41, 5.74) is 5.18. The number of benzene rings is 1. The Bertz CT molecular complexity index is 581. The standard InChI is InChI=1S/C12H19F2N3O3S/c1-17(5-6-20-2)4-3-16-21(18,19)11-8-9(15)7-10(13)12(11)14/h7-8,16H,3-6,15H2,1-2H3. The van der Waals surface area contributed by atoms with Crippen LogP contribution in [0.15, 0.2) is 17.0 Å². The molecule has 3 N–H and O–H groups in total. The van der Waals surface area contributed by atoms with Crippen molar-refractivity contribution < 1.29 is 21.9 Å². The van der Waals surface area contributed by atoms with Gasteiger partial charge in [-0.2, -0.15) is 0 Å². The van der Waals surface area contributed by atoms with Gasteiger partial charge >= 0.3 is 0 Å². The number of hydrogen-bond acceptors (Lipinski definition) is 5. The summed E-state index contributed by atoms with van der Waals surface area (Å²) in [4.78, 5) is 1.04. The van der Waals surface area contributed by atoms with Gasteiger partial charge in [-0.3, -0.25) is 0 Å². The van der Waals surface area contributed by atoms with E-state index in [2.05, 4.69) is 4.72 Å². The van der Waals surface area contributed by atoms with Crippen LogP contribution in [0, 0.1) is 11.6 Å². The second-order valence-electron chi connectivity index (χ2n) is 4.51. The number of methoxy groups -OCH3 is 1. The topological polar surface area (TPSA) is 84.7 Å². The third-order valence-corrected chi connectivity index (χ3v) is 4.23. The van der Waals surface area contributed by atoms with Gasteiger partial charge in [-0.1, -0.05) is 0 Å². The van der Waals surface area contributed by atoms with E-state index in [-0.39, 0.29) is 12.2 Å². The normalized spacial score (nSPS) is 12.0. The fourth-order valence-electron chi connectivity index (χ4n) is 1.59. The summed E-state index contributed by atoms with van der Waals surface area (Å²) in [5, 5.41) is 0. The number of nitrogens with zero attached hydrogens (tertiary/aromatic N) is 1. The van der Waals surface area contributed by atoms with Crippen molar-refractivity contribution >= 4 is 15.7 Å². The Labute approximate surface area is 122 Å². The number of ether oxygens (including phenoxy) is 1. The van der Waals surface area contributed by atoms with Crippen LogP contribution in [0.25, 0.3) is 0 Å². The van der Waals surface area contributed by atoms with Gasteiger partial charge in [-0.15, -0.1) is 0 Å². The zero-order valence-electron chi connectivity index (χ0n) is 11.9. The van der Waals surface area contributed by atoms with E-state index in [4.69, 9.17) is 10.5 Å². The van der Waals surface area contributed by atoms with E-state index in [0.717, 1.165) is 12.1 Å². The largest absolute Gasteiger partial charge is 0.399 e. The quantitative estimate of drug-likeness (QED) is 0.677. The highest BCUT2D eigenvalue weighted by molar-refractivity contribution is 7.89. The Morgan fingerprint density at radius 3 is 2.62 bits per heavy atom. The molecule has 21 heavy (non-hydrogen) atoms. The highest BCUT2D eigenvalue weighted by Crippen LogP contribution is 2.20. The smallest absolute Gasteiger partial charge is 0.243 e. The number of hydrogen-bond donors (Lipinski definition) is 2. The van der Waals surface area contributed by atoms with Crippen LogP contribution in [0.2, 0.25) is 0 Å². The predicted octanol–water partition coefficient (Wildman–Crippen LogP) is 0.404. The maximum atomic E-state index is 13.6. The SMILES string of the molecule is COCCN(C)CCNS(=O)(=O)c1cc(N)cc(F)c1F. The third kappa shape index (κ3) is 5.20. The number of likely N-dealkylation sites (N-methyl/N-ethyl adjacent to an activating group) is 1. The van der Waals surface area contributed by atoms with Crippen LogP contribution in [0.5, 0.6) is 0 Å². The number of anilines is 1. The van der Waals surface area contributed by atoms with Crippen LogP contribution >= 0.6 is 0 Å². The Balaban J connectivity index is 2.70. The maximum absolute atomic E-state index is 13.6. The number of nitrogen functional groups attached to an aromatic ring is 1. The lowest BCUT2D eigenvalue weighted by molar-refractivity contribution is 0.162. The van der Waals surface area contributed by atoms with Crippen molar-refractivity contribution in [3.05, 3.63) is 23.8 Å². The van der Waals surface area contributed by atoms with Crippen LogP contribution in [0.3, 0.4) is 0 Å². The number of nitrogens with two attached hydrogens (primary N) is 1. The van der Waals surface area contributed by atoms with Gasteiger partial charge in [0.05, 0.1) is 6.61 Å². The Morgan fingerprint density at radius 1 is 1.33 bits per heavy atom. The lowest BCUT2D eigenvalue weighted by Crippen LogP contribution is -2.34. The van der Waals surface area contributed by atoms with Gasteiger partial charge in [-0.05, 0) is 19.2 Å². The molecule has 1 rings (SSSR count). The van der Waals surface area contributed by atoms with Gasteiger partial charge in [0.15, 0.2) is 11.6 Å². The molecule has 0 unspecified atom stereocenters. The van der Waals surface area contributed by atoms with Gasteiger partial charge in [0, 0.05) is 32.4 Å². The molecule has 6 nitrogen and oxygen atoms in total. The van der Waals surface area contributed by atoms with Gasteiger partial charge in [0.25, 0.3) is 0 Å². The number of rotatable bonds is 8. The van der Waals surface area contributed by atoms with E-state index < -0.39 is 26.6 Å². The average molecular weight is 323 g/mol. The molecule has 9 heteroatoms. The fourth-order valence-corrected chi connectivity index (χ4v) is 2.73. The van der Waals surface area contributed by atoms with Crippen LogP contribution in [0.1, 0.15) is 0 Å². The molecule has 0 saturated carbocycles. The molecular weight excluding hydrogens is 304 g/mol. The van der Waals surface area contributed by atoms with Crippen LogP contribution < -0.4 is 10.5 Å². The highest BCUT2D eigenvalue weighted by Gasteiger charge is 2.22. The van der Waals surface area contributed by atoms with Crippen molar-refractivity contribution in [3.63, 3.8) is 0 Å². The Hall–Kier alpha value is -1.29. The summed E-state index contributed by atoms with van der Waals surface area (Å²) >= 11 is 0. The summed E-state index contributed by atoms with van der Waals surface area (Å²) < 4.78 is 57.7. The number of sulfonamides is 1. The molecule has 0 aliphatic heterocycles. The summed E-state index contributed by atoms with van der Waals surface area (Å²) in [5.74, 6) is -2.74. The minimum atomic E-state index is -4.16. The molecule has 120 valence electrons. The zero-order chi connectivity index (χ0) is 16.0. The molecule has 0 fully saturated rings. The molecule has 0 atom stereocenters. The molecule has 0 spiro atoms. The van der Waals surface area contributed by atoms with E-state index in [1.54, 1.807) is 14.2 Å². The summed E-state index contributed by atoms with van der Waals surface area (Å²) in [7, 11) is -0.806. The second-order valence-corrected chi connectivity index (χ2v) is 6.24. The monoisotopic (exact) mass is 323 g/mol. The van der Waals surface area contributed by atoms with E-state index in [1.807, 2.05) is 4.90 Å². The van der Waals surface area contributed by atoms with Gasteiger partial charge in [-0.25, -0.2) is 21.9 Å². The summed E-state index contributed by atoms with van der Waals surface area (Å²) in [6.07, 6.45) is 0. The fraction of sp³-hybridized carbons (Fsp3) is 0.500. The van der Waals surface area contributed by atoms with E-state index in [9.17, 15) is 17.2 Å². The van der Waals surface area contributed by atoms with Gasteiger partial charge in [0.2, 0.25) is 10.0 Å². The van der Waals surface area contributed by atoms with Crippen molar-refractivity contribution in [2.75, 3.05) is 46.1 Å². The van der Waals surface area contributed by atoms with E-state index in [0.29, 0.717) is 19.7 Å². The number of nitrogens with one attached hydrogen (secondary N) is 1. The molecule has 1 aromatic carbocycles. The first-order valence-electron chi connectivity index (χ1n) is 6.19. The van der Waals surface area contributed by atoms with Crippen LogP contribution in [-0.2, 0) is 14.8 Å². The first-order valence-corrected chi connectivity index (χ1v) is 7.68. The third-order valence-electron chi connectivity index (χ3n) is 2.77. The highest BCUT2D eigenvalue weighted by atomic mass is 32.2. The van der Waals surface area contributed by atoms with Crippen molar-refractivity contribution in [1.29, 1.82) is 0 Å². The number of halogens is 2. The minimum Gasteiger partial charge on any atom is -0.399 e. The molecule has 0 aromatic heterocycles. The lowest BCUT2D eigenvalue weighted by Gasteiger charge is -2.16. The molecule has 0 radical (unpaired) electrons. The lowest BCUT2D eigenvalue weighted by atomic mass is 10.3. The Kier molecular flexibility index (Phi) is 6.46. The molecule has 0 amide bonds. The van der Waals surface area contributed by atoms with Crippen molar-refractivity contribution in [1.82, 2.24) is 9.62 Å².